The van der Waals surface area contributed by atoms with E-state index in [9.17, 15) is 0 Å². The first-order chi connectivity index (χ1) is 8.62. The zero-order valence-electron chi connectivity index (χ0n) is 11.3. The number of rotatable bonds is 6. The van der Waals surface area contributed by atoms with Crippen LogP contribution in [0, 0.1) is 5.41 Å². The molecule has 0 saturated heterocycles. The van der Waals surface area contributed by atoms with Gasteiger partial charge in [0.2, 0.25) is 0 Å². The summed E-state index contributed by atoms with van der Waals surface area (Å²) in [7, 11) is 0. The quantitative estimate of drug-likeness (QED) is 0.828. The Morgan fingerprint density at radius 1 is 1.39 bits per heavy atom. The lowest BCUT2D eigenvalue weighted by molar-refractivity contribution is 0.233. The van der Waals surface area contributed by atoms with E-state index in [4.69, 9.17) is 5.11 Å². The minimum atomic E-state index is 0.255. The summed E-state index contributed by atoms with van der Waals surface area (Å²) in [5.74, 6) is 1.13. The monoisotopic (exact) mass is 265 g/mol. The van der Waals surface area contributed by atoms with Gasteiger partial charge in [-0.25, -0.2) is 0 Å². The van der Waals surface area contributed by atoms with Crippen LogP contribution in [0.4, 0.5) is 0 Å². The molecule has 0 fully saturated rings. The van der Waals surface area contributed by atoms with Gasteiger partial charge in [0, 0.05) is 29.8 Å². The number of nitrogens with one attached hydrogen (secondary N) is 1. The van der Waals surface area contributed by atoms with Gasteiger partial charge in [0.25, 0.3) is 0 Å². The Kier molecular flexibility index (Phi) is 4.71. The molecule has 3 heteroatoms. The topological polar surface area (TPSA) is 32.3 Å². The van der Waals surface area contributed by atoms with E-state index in [2.05, 4.69) is 43.4 Å². The van der Waals surface area contributed by atoms with Gasteiger partial charge in [-0.1, -0.05) is 32.0 Å². The van der Waals surface area contributed by atoms with Crippen LogP contribution in [0.1, 0.15) is 38.3 Å². The smallest absolute Gasteiger partial charge is 0.0431 e. The molecule has 0 amide bonds. The molecule has 1 unspecified atom stereocenters. The van der Waals surface area contributed by atoms with E-state index in [1.54, 1.807) is 0 Å². The lowest BCUT2D eigenvalue weighted by Crippen LogP contribution is -2.32. The first kappa shape index (κ1) is 13.9. The fourth-order valence-electron chi connectivity index (χ4n) is 2.38. The summed E-state index contributed by atoms with van der Waals surface area (Å²) < 4.78 is 0. The summed E-state index contributed by atoms with van der Waals surface area (Å²) >= 11 is 1.94. The van der Waals surface area contributed by atoms with Crippen molar-refractivity contribution in [2.75, 3.05) is 18.9 Å². The number of aliphatic hydroxyl groups excluding tert-OH is 1. The number of thioether (sulfide) groups is 1. The third kappa shape index (κ3) is 3.50. The molecule has 1 atom stereocenters. The Hall–Kier alpha value is -0.510. The standard InChI is InChI=1S/C15H23NOS/c1-15(2,8-5-9-17)11-16-13-10-18-14-7-4-3-6-12(13)14/h3-4,6-7,13,16-17H,5,8-11H2,1-2H3. The molecule has 0 bridgehead atoms. The highest BCUT2D eigenvalue weighted by Crippen LogP contribution is 2.38. The average molecular weight is 265 g/mol. The third-order valence-electron chi connectivity index (χ3n) is 3.54. The van der Waals surface area contributed by atoms with E-state index in [-0.39, 0.29) is 5.41 Å². The molecule has 18 heavy (non-hydrogen) atoms. The first-order valence-corrected chi connectivity index (χ1v) is 7.67. The van der Waals surface area contributed by atoms with Crippen molar-refractivity contribution in [1.29, 1.82) is 0 Å². The van der Waals surface area contributed by atoms with Crippen molar-refractivity contribution in [2.24, 2.45) is 5.41 Å². The number of aliphatic hydroxyl groups is 1. The molecule has 2 N–H and O–H groups in total. The Morgan fingerprint density at radius 3 is 2.94 bits per heavy atom. The van der Waals surface area contributed by atoms with Gasteiger partial charge in [-0.05, 0) is 29.9 Å². The number of fused-ring (bicyclic) bond motifs is 1. The molecule has 0 saturated carbocycles. The van der Waals surface area contributed by atoms with E-state index < -0.39 is 0 Å². The summed E-state index contributed by atoms with van der Waals surface area (Å²) in [4.78, 5) is 1.42. The predicted octanol–water partition coefficient (Wildman–Crippen LogP) is 3.22. The lowest BCUT2D eigenvalue weighted by Gasteiger charge is -2.27. The molecule has 2 rings (SSSR count). The van der Waals surface area contributed by atoms with Crippen molar-refractivity contribution >= 4 is 11.8 Å². The predicted molar refractivity (Wildman–Crippen MR) is 78.0 cm³/mol. The maximum Gasteiger partial charge on any atom is 0.0431 e. The van der Waals surface area contributed by atoms with E-state index in [1.165, 1.54) is 10.5 Å². The number of hydrogen-bond donors (Lipinski definition) is 2. The van der Waals surface area contributed by atoms with Crippen LogP contribution >= 0.6 is 11.8 Å². The van der Waals surface area contributed by atoms with Crippen molar-refractivity contribution in [2.45, 2.75) is 37.6 Å². The zero-order valence-corrected chi connectivity index (χ0v) is 12.1. The summed E-state index contributed by atoms with van der Waals surface area (Å²) in [5.41, 5.74) is 1.70. The highest BCUT2D eigenvalue weighted by atomic mass is 32.2. The highest BCUT2D eigenvalue weighted by Gasteiger charge is 2.25. The molecule has 1 aromatic carbocycles. The Labute approximate surface area is 114 Å². The van der Waals surface area contributed by atoms with Crippen LogP contribution in [0.2, 0.25) is 0 Å². The van der Waals surface area contributed by atoms with Gasteiger partial charge in [0.15, 0.2) is 0 Å². The average Bonchev–Trinajstić information content (AvgIpc) is 2.78. The highest BCUT2D eigenvalue weighted by molar-refractivity contribution is 7.99. The fourth-order valence-corrected chi connectivity index (χ4v) is 3.57. The molecule has 1 aliphatic heterocycles. The van der Waals surface area contributed by atoms with Gasteiger partial charge >= 0.3 is 0 Å². The fraction of sp³-hybridized carbons (Fsp3) is 0.600. The largest absolute Gasteiger partial charge is 0.396 e. The minimum Gasteiger partial charge on any atom is -0.396 e. The molecule has 1 aromatic rings. The number of benzene rings is 1. The molecule has 0 aromatic heterocycles. The summed E-state index contributed by atoms with van der Waals surface area (Å²) in [6.45, 7) is 5.84. The molecule has 1 heterocycles. The molecule has 1 aliphatic rings. The van der Waals surface area contributed by atoms with Crippen LogP contribution in [0.25, 0.3) is 0 Å². The maximum absolute atomic E-state index is 8.92. The molecule has 0 aliphatic carbocycles. The summed E-state index contributed by atoms with van der Waals surface area (Å²) in [6, 6.07) is 9.15. The van der Waals surface area contributed by atoms with Crippen LogP contribution in [0.3, 0.4) is 0 Å². The van der Waals surface area contributed by atoms with Gasteiger partial charge in [0.1, 0.15) is 0 Å². The van der Waals surface area contributed by atoms with Gasteiger partial charge in [-0.2, -0.15) is 0 Å². The molecule has 0 radical (unpaired) electrons. The van der Waals surface area contributed by atoms with Crippen molar-refractivity contribution in [3.05, 3.63) is 29.8 Å². The van der Waals surface area contributed by atoms with Crippen LogP contribution in [-0.2, 0) is 0 Å². The van der Waals surface area contributed by atoms with Gasteiger partial charge in [-0.3, -0.25) is 0 Å². The van der Waals surface area contributed by atoms with Crippen LogP contribution in [0.5, 0.6) is 0 Å². The maximum atomic E-state index is 8.92. The number of hydrogen-bond acceptors (Lipinski definition) is 3. The normalized spacial score (nSPS) is 18.9. The molecule has 100 valence electrons. The van der Waals surface area contributed by atoms with Crippen LogP contribution in [0.15, 0.2) is 29.2 Å². The van der Waals surface area contributed by atoms with E-state index in [0.29, 0.717) is 12.6 Å². The van der Waals surface area contributed by atoms with Gasteiger partial charge in [-0.15, -0.1) is 11.8 Å². The van der Waals surface area contributed by atoms with E-state index >= 15 is 0 Å². The zero-order chi connectivity index (χ0) is 13.0. The lowest BCUT2D eigenvalue weighted by atomic mass is 9.87. The summed E-state index contributed by atoms with van der Waals surface area (Å²) in [5, 5.41) is 12.6. The minimum absolute atomic E-state index is 0.255. The first-order valence-electron chi connectivity index (χ1n) is 6.68. The van der Waals surface area contributed by atoms with E-state index in [1.807, 2.05) is 11.8 Å². The summed E-state index contributed by atoms with van der Waals surface area (Å²) in [6.07, 6.45) is 1.96. The van der Waals surface area contributed by atoms with Crippen LogP contribution in [-0.4, -0.2) is 24.0 Å². The molecular formula is C15H23NOS. The molecule has 2 nitrogen and oxygen atoms in total. The van der Waals surface area contributed by atoms with Crippen molar-refractivity contribution in [1.82, 2.24) is 5.32 Å². The van der Waals surface area contributed by atoms with Crippen molar-refractivity contribution in [3.8, 4) is 0 Å². The van der Waals surface area contributed by atoms with Crippen LogP contribution < -0.4 is 5.32 Å². The van der Waals surface area contributed by atoms with Gasteiger partial charge in [0.05, 0.1) is 0 Å². The SMILES string of the molecule is CC(C)(CCCO)CNC1CSc2ccccc21. The van der Waals surface area contributed by atoms with Crippen molar-refractivity contribution < 1.29 is 5.11 Å². The Bertz CT molecular complexity index is 392. The Morgan fingerprint density at radius 2 is 2.17 bits per heavy atom. The molecule has 0 spiro atoms. The second-order valence-electron chi connectivity index (χ2n) is 5.77. The second kappa shape index (κ2) is 6.09. The van der Waals surface area contributed by atoms with E-state index in [0.717, 1.165) is 25.1 Å². The van der Waals surface area contributed by atoms with Gasteiger partial charge < -0.3 is 10.4 Å². The second-order valence-corrected chi connectivity index (χ2v) is 6.84. The third-order valence-corrected chi connectivity index (χ3v) is 4.72. The molecular weight excluding hydrogens is 242 g/mol. The Balaban J connectivity index is 1.88. The van der Waals surface area contributed by atoms with Crippen molar-refractivity contribution in [3.63, 3.8) is 0 Å².